The van der Waals surface area contributed by atoms with Crippen LogP contribution >= 0.6 is 22.9 Å². The third-order valence-electron chi connectivity index (χ3n) is 5.58. The smallest absolute Gasteiger partial charge is 0.322 e. The molecule has 1 aliphatic heterocycles. The zero-order valence-corrected chi connectivity index (χ0v) is 17.7. The number of benzene rings is 1. The Bertz CT molecular complexity index is 997. The molecule has 0 bridgehead atoms. The van der Waals surface area contributed by atoms with Crippen molar-refractivity contribution in [2.75, 3.05) is 0 Å². The Hall–Kier alpha value is -2.45. The van der Waals surface area contributed by atoms with Crippen molar-refractivity contribution in [2.24, 2.45) is 5.92 Å². The van der Waals surface area contributed by atoms with E-state index in [1.54, 1.807) is 19.1 Å². The number of carbonyl (C=O) groups excluding carboxylic acids is 3. The summed E-state index contributed by atoms with van der Waals surface area (Å²) in [6.07, 6.45) is 2.91. The molecule has 1 aliphatic carbocycles. The van der Waals surface area contributed by atoms with Crippen LogP contribution in [0.3, 0.4) is 0 Å². The van der Waals surface area contributed by atoms with Crippen LogP contribution in [0.15, 0.2) is 24.3 Å². The second-order valence-corrected chi connectivity index (χ2v) is 9.16. The number of hydrogen-bond donors (Lipinski definition) is 2. The Morgan fingerprint density at radius 2 is 2.07 bits per heavy atom. The van der Waals surface area contributed by atoms with E-state index < -0.39 is 17.5 Å². The van der Waals surface area contributed by atoms with Gasteiger partial charge < -0.3 is 5.32 Å². The van der Waals surface area contributed by atoms with Crippen LogP contribution in [-0.2, 0) is 4.79 Å². The minimum atomic E-state index is -0.897. The first-order valence-electron chi connectivity index (χ1n) is 9.50. The topological polar surface area (TPSA) is 91.4 Å². The van der Waals surface area contributed by atoms with Gasteiger partial charge >= 0.3 is 6.03 Å². The van der Waals surface area contributed by atoms with Gasteiger partial charge in [0, 0.05) is 10.6 Å². The average molecular weight is 433 g/mol. The minimum absolute atomic E-state index is 0.346. The largest absolute Gasteiger partial charge is 0.344 e. The molecular formula is C20H21ClN4O3S. The number of nitrogens with one attached hydrogen (secondary N) is 2. The third kappa shape index (κ3) is 3.62. The Morgan fingerprint density at radius 1 is 1.34 bits per heavy atom. The number of hydrogen-bond acceptors (Lipinski definition) is 5. The van der Waals surface area contributed by atoms with Crippen LogP contribution in [0, 0.1) is 12.8 Å². The van der Waals surface area contributed by atoms with Crippen LogP contribution in [0.1, 0.15) is 48.0 Å². The fourth-order valence-corrected chi connectivity index (χ4v) is 4.96. The number of carbonyl (C=O) groups is 3. The summed E-state index contributed by atoms with van der Waals surface area (Å²) in [4.78, 5) is 42.9. The number of amides is 4. The quantitative estimate of drug-likeness (QED) is 0.719. The van der Waals surface area contributed by atoms with Crippen molar-refractivity contribution in [3.63, 3.8) is 0 Å². The van der Waals surface area contributed by atoms with Gasteiger partial charge in [0.25, 0.3) is 11.8 Å². The van der Waals surface area contributed by atoms with Gasteiger partial charge in [-0.3, -0.25) is 15.0 Å². The third-order valence-corrected chi connectivity index (χ3v) is 7.02. The molecule has 1 spiro atoms. The average Bonchev–Trinajstić information content (AvgIpc) is 3.18. The van der Waals surface area contributed by atoms with E-state index in [0.29, 0.717) is 39.4 Å². The van der Waals surface area contributed by atoms with Gasteiger partial charge in [-0.05, 0) is 50.7 Å². The SMILES string of the molecule is Cc1nc(-c2cccc(Cl)c2)sc1C(=O)NN1C(=O)NC2(CCC(C)CC2)C1=O. The molecule has 2 aliphatic rings. The predicted molar refractivity (Wildman–Crippen MR) is 111 cm³/mol. The standard InChI is InChI=1S/C20H21ClN4O3S/c1-11-6-8-20(9-7-11)18(27)25(19(28)23-20)24-16(26)15-12(2)22-17(29-15)13-4-3-5-14(21)10-13/h3-5,10-11H,6-9H2,1-2H3,(H,23,28)(H,24,26). The summed E-state index contributed by atoms with van der Waals surface area (Å²) >= 11 is 7.23. The molecule has 0 unspecified atom stereocenters. The lowest BCUT2D eigenvalue weighted by atomic mass is 9.77. The van der Waals surface area contributed by atoms with Crippen molar-refractivity contribution in [2.45, 2.75) is 45.1 Å². The molecule has 0 radical (unpaired) electrons. The van der Waals surface area contributed by atoms with Crippen molar-refractivity contribution in [3.8, 4) is 10.6 Å². The number of imide groups is 1. The molecule has 2 aromatic rings. The van der Waals surface area contributed by atoms with Gasteiger partial charge in [-0.15, -0.1) is 11.3 Å². The van der Waals surface area contributed by atoms with Gasteiger partial charge in [0.05, 0.1) is 5.69 Å². The monoisotopic (exact) mass is 432 g/mol. The van der Waals surface area contributed by atoms with E-state index >= 15 is 0 Å². The molecule has 4 rings (SSSR count). The Balaban J connectivity index is 1.53. The summed E-state index contributed by atoms with van der Waals surface area (Å²) in [5, 5.41) is 4.83. The van der Waals surface area contributed by atoms with Crippen LogP contribution in [0.5, 0.6) is 0 Å². The molecule has 2 N–H and O–H groups in total. The molecule has 7 nitrogen and oxygen atoms in total. The molecule has 152 valence electrons. The number of hydrazine groups is 1. The highest BCUT2D eigenvalue weighted by molar-refractivity contribution is 7.17. The predicted octanol–water partition coefficient (Wildman–Crippen LogP) is 3.92. The maximum absolute atomic E-state index is 12.9. The van der Waals surface area contributed by atoms with Crippen molar-refractivity contribution in [1.29, 1.82) is 0 Å². The molecular weight excluding hydrogens is 412 g/mol. The number of rotatable bonds is 3. The number of nitrogens with zero attached hydrogens (tertiary/aromatic N) is 2. The lowest BCUT2D eigenvalue weighted by Crippen LogP contribution is -2.51. The zero-order chi connectivity index (χ0) is 20.8. The van der Waals surface area contributed by atoms with E-state index in [2.05, 4.69) is 22.7 Å². The maximum Gasteiger partial charge on any atom is 0.344 e. The Morgan fingerprint density at radius 3 is 2.76 bits per heavy atom. The van der Waals surface area contributed by atoms with Crippen LogP contribution in [0.25, 0.3) is 10.6 Å². The summed E-state index contributed by atoms with van der Waals surface area (Å²) in [5.41, 5.74) is 2.90. The summed E-state index contributed by atoms with van der Waals surface area (Å²) in [6, 6.07) is 6.61. The maximum atomic E-state index is 12.9. The van der Waals surface area contributed by atoms with Crippen LogP contribution in [-0.4, -0.2) is 33.4 Å². The first kappa shape index (κ1) is 19.8. The molecule has 0 atom stereocenters. The number of halogens is 1. The molecule has 1 saturated carbocycles. The van der Waals surface area contributed by atoms with Gasteiger partial charge in [0.2, 0.25) is 0 Å². The Labute approximate surface area is 177 Å². The lowest BCUT2D eigenvalue weighted by molar-refractivity contribution is -0.134. The van der Waals surface area contributed by atoms with Gasteiger partial charge in [-0.25, -0.2) is 9.78 Å². The highest BCUT2D eigenvalue weighted by Crippen LogP contribution is 2.36. The fraction of sp³-hybridized carbons (Fsp3) is 0.400. The number of urea groups is 1. The van der Waals surface area contributed by atoms with E-state index in [-0.39, 0.29) is 5.91 Å². The molecule has 2 fully saturated rings. The fourth-order valence-electron chi connectivity index (χ4n) is 3.82. The normalized spacial score (nSPS) is 24.1. The van der Waals surface area contributed by atoms with Crippen molar-refractivity contribution >= 4 is 40.8 Å². The number of aryl methyl sites for hydroxylation is 1. The van der Waals surface area contributed by atoms with Crippen molar-refractivity contribution < 1.29 is 14.4 Å². The molecule has 29 heavy (non-hydrogen) atoms. The van der Waals surface area contributed by atoms with E-state index in [9.17, 15) is 14.4 Å². The molecule has 2 heterocycles. The van der Waals surface area contributed by atoms with E-state index in [0.717, 1.165) is 23.4 Å². The number of aromatic nitrogens is 1. The molecule has 1 aromatic heterocycles. The molecule has 1 aromatic carbocycles. The Kier molecular flexibility index (Phi) is 5.08. The van der Waals surface area contributed by atoms with Gasteiger partial charge in [0.15, 0.2) is 0 Å². The summed E-state index contributed by atoms with van der Waals surface area (Å²) in [7, 11) is 0. The minimum Gasteiger partial charge on any atom is -0.322 e. The van der Waals surface area contributed by atoms with Gasteiger partial charge in [0.1, 0.15) is 15.4 Å². The summed E-state index contributed by atoms with van der Waals surface area (Å²) < 4.78 is 0. The van der Waals surface area contributed by atoms with E-state index in [1.165, 1.54) is 11.3 Å². The van der Waals surface area contributed by atoms with Gasteiger partial charge in [-0.1, -0.05) is 30.7 Å². The molecule has 4 amide bonds. The van der Waals surface area contributed by atoms with Crippen LogP contribution in [0.4, 0.5) is 4.79 Å². The van der Waals surface area contributed by atoms with Crippen LogP contribution < -0.4 is 10.7 Å². The summed E-state index contributed by atoms with van der Waals surface area (Å²) in [6.45, 7) is 3.85. The highest BCUT2D eigenvalue weighted by atomic mass is 35.5. The van der Waals surface area contributed by atoms with Crippen LogP contribution in [0.2, 0.25) is 5.02 Å². The first-order valence-corrected chi connectivity index (χ1v) is 10.7. The van der Waals surface area contributed by atoms with E-state index in [1.807, 2.05) is 12.1 Å². The zero-order valence-electron chi connectivity index (χ0n) is 16.1. The lowest BCUT2D eigenvalue weighted by Gasteiger charge is -2.33. The van der Waals surface area contributed by atoms with Crippen molar-refractivity contribution in [3.05, 3.63) is 39.9 Å². The van der Waals surface area contributed by atoms with Gasteiger partial charge in [-0.2, -0.15) is 5.01 Å². The molecule has 9 heteroatoms. The molecule has 1 saturated heterocycles. The second-order valence-electron chi connectivity index (χ2n) is 7.72. The summed E-state index contributed by atoms with van der Waals surface area (Å²) in [5.74, 6) is -0.392. The first-order chi connectivity index (χ1) is 13.8. The highest BCUT2D eigenvalue weighted by Gasteiger charge is 2.53. The number of thiazole rings is 1. The second kappa shape index (κ2) is 7.42. The van der Waals surface area contributed by atoms with E-state index in [4.69, 9.17) is 11.6 Å². The van der Waals surface area contributed by atoms with Crippen molar-refractivity contribution in [1.82, 2.24) is 20.7 Å².